The number of hydrogen-bond donors (Lipinski definition) is 1. The maximum Gasteiger partial charge on any atom is 0.223 e. The molecule has 0 aromatic carbocycles. The number of aromatic nitrogens is 2. The number of nitrogens with one attached hydrogen (secondary N) is 1. The maximum atomic E-state index is 11.7. The lowest BCUT2D eigenvalue weighted by Gasteiger charge is -2.38. The third-order valence-corrected chi connectivity index (χ3v) is 4.00. The summed E-state index contributed by atoms with van der Waals surface area (Å²) in [6.07, 6.45) is 6.30. The van der Waals surface area contributed by atoms with Gasteiger partial charge >= 0.3 is 0 Å². The third-order valence-electron chi connectivity index (χ3n) is 4.00. The first kappa shape index (κ1) is 13.1. The van der Waals surface area contributed by atoms with E-state index in [1.807, 2.05) is 11.1 Å². The quantitative estimate of drug-likeness (QED) is 0.892. The number of anilines is 2. The molecule has 0 aliphatic carbocycles. The van der Waals surface area contributed by atoms with E-state index in [-0.39, 0.29) is 0 Å². The Labute approximate surface area is 119 Å². The molecule has 2 saturated heterocycles. The van der Waals surface area contributed by atoms with Crippen LogP contribution in [0.15, 0.2) is 12.4 Å². The molecule has 1 N–H and O–H groups in total. The first-order chi connectivity index (χ1) is 9.78. The van der Waals surface area contributed by atoms with Gasteiger partial charge in [0.05, 0.1) is 12.4 Å². The van der Waals surface area contributed by atoms with Crippen molar-refractivity contribution in [1.29, 1.82) is 0 Å². The molecule has 108 valence electrons. The van der Waals surface area contributed by atoms with Crippen molar-refractivity contribution in [2.75, 3.05) is 36.4 Å². The zero-order valence-corrected chi connectivity index (χ0v) is 11.9. The second-order valence-corrected chi connectivity index (χ2v) is 5.41. The molecule has 0 spiro atoms. The monoisotopic (exact) mass is 275 g/mol. The topological polar surface area (TPSA) is 61.4 Å². The van der Waals surface area contributed by atoms with Crippen molar-refractivity contribution in [1.82, 2.24) is 14.9 Å². The van der Waals surface area contributed by atoms with Gasteiger partial charge in [-0.05, 0) is 12.8 Å². The molecule has 3 heterocycles. The SMILES string of the molecule is CCCNc1cncc(N2CCN3C(=O)CCC3C2)n1. The third kappa shape index (κ3) is 2.55. The molecule has 6 nitrogen and oxygen atoms in total. The van der Waals surface area contributed by atoms with Gasteiger partial charge in [0.2, 0.25) is 5.91 Å². The van der Waals surface area contributed by atoms with Crippen molar-refractivity contribution >= 4 is 17.5 Å². The fourth-order valence-electron chi connectivity index (χ4n) is 2.92. The summed E-state index contributed by atoms with van der Waals surface area (Å²) in [4.78, 5) is 24.8. The van der Waals surface area contributed by atoms with E-state index in [1.54, 1.807) is 6.20 Å². The molecule has 1 amide bonds. The van der Waals surface area contributed by atoms with Crippen LogP contribution in [0.4, 0.5) is 11.6 Å². The minimum Gasteiger partial charge on any atom is -0.369 e. The number of fused-ring (bicyclic) bond motifs is 1. The summed E-state index contributed by atoms with van der Waals surface area (Å²) in [6, 6.07) is 0.352. The molecule has 2 aliphatic rings. The van der Waals surface area contributed by atoms with Crippen molar-refractivity contribution in [3.63, 3.8) is 0 Å². The number of carbonyl (C=O) groups excluding carboxylic acids is 1. The van der Waals surface area contributed by atoms with E-state index in [9.17, 15) is 4.79 Å². The lowest BCUT2D eigenvalue weighted by molar-refractivity contribution is -0.129. The zero-order chi connectivity index (χ0) is 13.9. The van der Waals surface area contributed by atoms with Gasteiger partial charge in [-0.15, -0.1) is 0 Å². The van der Waals surface area contributed by atoms with Gasteiger partial charge in [0.15, 0.2) is 0 Å². The van der Waals surface area contributed by atoms with E-state index in [0.717, 1.165) is 50.7 Å². The van der Waals surface area contributed by atoms with E-state index in [0.29, 0.717) is 18.4 Å². The second kappa shape index (κ2) is 5.64. The molecule has 1 aromatic rings. The molecule has 1 unspecified atom stereocenters. The van der Waals surface area contributed by atoms with Gasteiger partial charge in [-0.2, -0.15) is 0 Å². The summed E-state index contributed by atoms with van der Waals surface area (Å²) in [6.45, 7) is 5.55. The van der Waals surface area contributed by atoms with Crippen molar-refractivity contribution in [3.8, 4) is 0 Å². The second-order valence-electron chi connectivity index (χ2n) is 5.41. The molecule has 1 aromatic heterocycles. The van der Waals surface area contributed by atoms with Crippen molar-refractivity contribution in [2.45, 2.75) is 32.2 Å². The van der Waals surface area contributed by atoms with Crippen LogP contribution in [0.2, 0.25) is 0 Å². The van der Waals surface area contributed by atoms with Gasteiger partial charge in [0.25, 0.3) is 0 Å². The smallest absolute Gasteiger partial charge is 0.223 e. The average molecular weight is 275 g/mol. The zero-order valence-electron chi connectivity index (χ0n) is 11.9. The van der Waals surface area contributed by atoms with Crippen LogP contribution in [0, 0.1) is 0 Å². The molecule has 2 fully saturated rings. The summed E-state index contributed by atoms with van der Waals surface area (Å²) in [7, 11) is 0. The minimum atomic E-state index is 0.305. The Morgan fingerprint density at radius 3 is 3.15 bits per heavy atom. The molecule has 6 heteroatoms. The highest BCUT2D eigenvalue weighted by atomic mass is 16.2. The number of piperazine rings is 1. The average Bonchev–Trinajstić information content (AvgIpc) is 2.86. The van der Waals surface area contributed by atoms with Crippen molar-refractivity contribution < 1.29 is 4.79 Å². The molecule has 2 aliphatic heterocycles. The molecule has 20 heavy (non-hydrogen) atoms. The lowest BCUT2D eigenvalue weighted by Crippen LogP contribution is -2.51. The van der Waals surface area contributed by atoms with Gasteiger partial charge in [-0.1, -0.05) is 6.92 Å². The predicted molar refractivity (Wildman–Crippen MR) is 77.8 cm³/mol. The Bertz CT molecular complexity index is 492. The summed E-state index contributed by atoms with van der Waals surface area (Å²) in [5.74, 6) is 2.04. The highest BCUT2D eigenvalue weighted by Gasteiger charge is 2.35. The summed E-state index contributed by atoms with van der Waals surface area (Å²) in [5, 5.41) is 3.26. The van der Waals surface area contributed by atoms with Gasteiger partial charge in [0.1, 0.15) is 11.6 Å². The van der Waals surface area contributed by atoms with Crippen LogP contribution in [-0.4, -0.2) is 53.0 Å². The van der Waals surface area contributed by atoms with Gasteiger partial charge in [-0.25, -0.2) is 4.98 Å². The fourth-order valence-corrected chi connectivity index (χ4v) is 2.92. The highest BCUT2D eigenvalue weighted by molar-refractivity contribution is 5.79. The Morgan fingerprint density at radius 2 is 2.30 bits per heavy atom. The summed E-state index contributed by atoms with van der Waals surface area (Å²) >= 11 is 0. The van der Waals surface area contributed by atoms with Crippen LogP contribution in [0.3, 0.4) is 0 Å². The largest absolute Gasteiger partial charge is 0.369 e. The van der Waals surface area contributed by atoms with Crippen LogP contribution in [0.25, 0.3) is 0 Å². The predicted octanol–water partition coefficient (Wildman–Crippen LogP) is 1.11. The number of carbonyl (C=O) groups is 1. The van der Waals surface area contributed by atoms with Crippen LogP contribution in [0.5, 0.6) is 0 Å². The van der Waals surface area contributed by atoms with E-state index in [4.69, 9.17) is 0 Å². The number of amides is 1. The standard InChI is InChI=1S/C14H21N5O/c1-2-5-16-12-8-15-9-13(17-12)18-6-7-19-11(10-18)3-4-14(19)20/h8-9,11H,2-7,10H2,1H3,(H,16,17). The van der Waals surface area contributed by atoms with Gasteiger partial charge in [-0.3, -0.25) is 9.78 Å². The Hall–Kier alpha value is -1.85. The molecule has 0 radical (unpaired) electrons. The van der Waals surface area contributed by atoms with E-state index in [1.165, 1.54) is 0 Å². The van der Waals surface area contributed by atoms with Crippen molar-refractivity contribution in [3.05, 3.63) is 12.4 Å². The first-order valence-corrected chi connectivity index (χ1v) is 7.38. The summed E-state index contributed by atoms with van der Waals surface area (Å²) < 4.78 is 0. The minimum absolute atomic E-state index is 0.305. The number of rotatable bonds is 4. The highest BCUT2D eigenvalue weighted by Crippen LogP contribution is 2.25. The van der Waals surface area contributed by atoms with E-state index < -0.39 is 0 Å². The number of hydrogen-bond acceptors (Lipinski definition) is 5. The van der Waals surface area contributed by atoms with Crippen LogP contribution in [-0.2, 0) is 4.79 Å². The fraction of sp³-hybridized carbons (Fsp3) is 0.643. The molecular weight excluding hydrogens is 254 g/mol. The molecular formula is C14H21N5O. The Morgan fingerprint density at radius 1 is 1.40 bits per heavy atom. The van der Waals surface area contributed by atoms with Crippen LogP contribution < -0.4 is 10.2 Å². The first-order valence-electron chi connectivity index (χ1n) is 7.38. The Kier molecular flexibility index (Phi) is 3.71. The molecule has 0 bridgehead atoms. The Balaban J connectivity index is 1.69. The normalized spacial score (nSPS) is 22.1. The van der Waals surface area contributed by atoms with Crippen LogP contribution >= 0.6 is 0 Å². The summed E-state index contributed by atoms with van der Waals surface area (Å²) in [5.41, 5.74) is 0. The van der Waals surface area contributed by atoms with Gasteiger partial charge in [0, 0.05) is 38.6 Å². The molecule has 0 saturated carbocycles. The van der Waals surface area contributed by atoms with Gasteiger partial charge < -0.3 is 15.1 Å². The van der Waals surface area contributed by atoms with E-state index >= 15 is 0 Å². The molecule has 3 rings (SSSR count). The number of nitrogens with zero attached hydrogens (tertiary/aromatic N) is 4. The van der Waals surface area contributed by atoms with Crippen LogP contribution in [0.1, 0.15) is 26.2 Å². The lowest BCUT2D eigenvalue weighted by atomic mass is 10.1. The van der Waals surface area contributed by atoms with Crippen molar-refractivity contribution in [2.24, 2.45) is 0 Å². The van der Waals surface area contributed by atoms with E-state index in [2.05, 4.69) is 27.1 Å². The maximum absolute atomic E-state index is 11.7. The molecule has 1 atom stereocenters.